The van der Waals surface area contributed by atoms with Gasteiger partial charge in [0, 0.05) is 31.0 Å². The van der Waals surface area contributed by atoms with Crippen molar-refractivity contribution in [2.45, 2.75) is 64.6 Å². The van der Waals surface area contributed by atoms with Gasteiger partial charge >= 0.3 is 0 Å². The van der Waals surface area contributed by atoms with Crippen LogP contribution in [0.2, 0.25) is 0 Å². The molecule has 0 radical (unpaired) electrons. The highest BCUT2D eigenvalue weighted by atomic mass is 19.1. The number of aromatic nitrogens is 1. The Labute approximate surface area is 176 Å². The van der Waals surface area contributed by atoms with E-state index in [0.717, 1.165) is 24.0 Å². The second kappa shape index (κ2) is 8.17. The van der Waals surface area contributed by atoms with E-state index in [2.05, 4.69) is 10.3 Å². The van der Waals surface area contributed by atoms with Crippen LogP contribution in [0.15, 0.2) is 42.7 Å². The molecule has 1 N–H and O–H groups in total. The summed E-state index contributed by atoms with van der Waals surface area (Å²) in [5, 5.41) is 3.06. The van der Waals surface area contributed by atoms with Crippen molar-refractivity contribution >= 4 is 11.8 Å². The molecule has 0 aliphatic carbocycles. The molecule has 4 rings (SSSR count). The van der Waals surface area contributed by atoms with Crippen LogP contribution in [0.5, 0.6) is 0 Å². The summed E-state index contributed by atoms with van der Waals surface area (Å²) >= 11 is 0. The normalized spacial score (nSPS) is 24.8. The molecule has 5 nitrogen and oxygen atoms in total. The zero-order valence-corrected chi connectivity index (χ0v) is 17.5. The van der Waals surface area contributed by atoms with Crippen molar-refractivity contribution in [2.75, 3.05) is 0 Å². The van der Waals surface area contributed by atoms with Crippen LogP contribution in [0.1, 0.15) is 49.3 Å². The SMILES string of the molecule is CC[C@]1(C(=O)NCc2ccc(F)c(C)c2)C[C@H]2CC[C@@H]1N2C(=O)Cc1cccnc1. The van der Waals surface area contributed by atoms with Crippen molar-refractivity contribution in [2.24, 2.45) is 5.41 Å². The third kappa shape index (κ3) is 3.59. The first-order valence-corrected chi connectivity index (χ1v) is 10.7. The van der Waals surface area contributed by atoms with Crippen LogP contribution in [-0.2, 0) is 22.6 Å². The number of halogens is 1. The van der Waals surface area contributed by atoms with Gasteiger partial charge in [0.2, 0.25) is 11.8 Å². The molecule has 1 aromatic heterocycles. The molecule has 2 saturated heterocycles. The Kier molecular flexibility index (Phi) is 5.58. The van der Waals surface area contributed by atoms with Crippen LogP contribution in [0.25, 0.3) is 0 Å². The molecule has 2 amide bonds. The Morgan fingerprint density at radius 3 is 2.80 bits per heavy atom. The average molecular weight is 410 g/mol. The lowest BCUT2D eigenvalue weighted by Crippen LogP contribution is -2.49. The van der Waals surface area contributed by atoms with Gasteiger partial charge in [0.05, 0.1) is 11.8 Å². The Hall–Kier alpha value is -2.76. The van der Waals surface area contributed by atoms with Gasteiger partial charge in [0.1, 0.15) is 5.82 Å². The number of carbonyl (C=O) groups is 2. The highest BCUT2D eigenvalue weighted by Crippen LogP contribution is 2.52. The number of pyridine rings is 1. The molecule has 2 fully saturated rings. The number of hydrogen-bond acceptors (Lipinski definition) is 3. The van der Waals surface area contributed by atoms with Gasteiger partial charge in [-0.05, 0) is 61.4 Å². The van der Waals surface area contributed by atoms with Gasteiger partial charge in [0.25, 0.3) is 0 Å². The molecular weight excluding hydrogens is 381 g/mol. The third-order valence-corrected chi connectivity index (χ3v) is 6.86. The van der Waals surface area contributed by atoms with Gasteiger partial charge < -0.3 is 10.2 Å². The summed E-state index contributed by atoms with van der Waals surface area (Å²) in [7, 11) is 0. The lowest BCUT2D eigenvalue weighted by Gasteiger charge is -2.35. The largest absolute Gasteiger partial charge is 0.351 e. The van der Waals surface area contributed by atoms with Crippen LogP contribution >= 0.6 is 0 Å². The van der Waals surface area contributed by atoms with Crippen molar-refractivity contribution < 1.29 is 14.0 Å². The minimum Gasteiger partial charge on any atom is -0.351 e. The first kappa shape index (κ1) is 20.5. The molecule has 1 aromatic carbocycles. The van der Waals surface area contributed by atoms with Crippen LogP contribution in [0.4, 0.5) is 4.39 Å². The van der Waals surface area contributed by atoms with E-state index >= 15 is 0 Å². The number of benzene rings is 1. The number of nitrogens with zero attached hydrogens (tertiary/aromatic N) is 2. The topological polar surface area (TPSA) is 62.3 Å². The molecule has 0 spiro atoms. The van der Waals surface area contributed by atoms with Crippen molar-refractivity contribution in [1.29, 1.82) is 0 Å². The monoisotopic (exact) mass is 409 g/mol. The van der Waals surface area contributed by atoms with Crippen LogP contribution in [0.3, 0.4) is 0 Å². The molecule has 2 bridgehead atoms. The molecule has 0 unspecified atom stereocenters. The lowest BCUT2D eigenvalue weighted by molar-refractivity contribution is -0.136. The molecule has 30 heavy (non-hydrogen) atoms. The second-order valence-corrected chi connectivity index (χ2v) is 8.57. The lowest BCUT2D eigenvalue weighted by atomic mass is 9.71. The van der Waals surface area contributed by atoms with Crippen LogP contribution < -0.4 is 5.32 Å². The van der Waals surface area contributed by atoms with Crippen LogP contribution in [0, 0.1) is 18.2 Å². The predicted molar refractivity (Wildman–Crippen MR) is 112 cm³/mol. The van der Waals surface area contributed by atoms with E-state index in [0.29, 0.717) is 31.4 Å². The first-order chi connectivity index (χ1) is 14.4. The van der Waals surface area contributed by atoms with Gasteiger partial charge in [-0.15, -0.1) is 0 Å². The maximum absolute atomic E-state index is 13.5. The summed E-state index contributed by atoms with van der Waals surface area (Å²) in [5.41, 5.74) is 1.79. The fourth-order valence-corrected chi connectivity index (χ4v) is 5.29. The van der Waals surface area contributed by atoms with Crippen molar-refractivity contribution in [3.05, 3.63) is 65.2 Å². The van der Waals surface area contributed by atoms with Gasteiger partial charge in [0.15, 0.2) is 0 Å². The summed E-state index contributed by atoms with van der Waals surface area (Å²) in [5.74, 6) is -0.169. The molecule has 2 aliphatic heterocycles. The molecule has 158 valence electrons. The van der Waals surface area contributed by atoms with E-state index in [4.69, 9.17) is 0 Å². The minimum absolute atomic E-state index is 0.00152. The smallest absolute Gasteiger partial charge is 0.228 e. The number of amides is 2. The highest BCUT2D eigenvalue weighted by molar-refractivity contribution is 5.87. The maximum atomic E-state index is 13.5. The highest BCUT2D eigenvalue weighted by Gasteiger charge is 2.59. The quantitative estimate of drug-likeness (QED) is 0.794. The summed E-state index contributed by atoms with van der Waals surface area (Å²) in [6, 6.07) is 8.70. The van der Waals surface area contributed by atoms with E-state index in [9.17, 15) is 14.0 Å². The van der Waals surface area contributed by atoms with E-state index in [-0.39, 0.29) is 29.7 Å². The second-order valence-electron chi connectivity index (χ2n) is 8.57. The third-order valence-electron chi connectivity index (χ3n) is 6.86. The van der Waals surface area contributed by atoms with Crippen molar-refractivity contribution in [3.63, 3.8) is 0 Å². The minimum atomic E-state index is -0.553. The fourth-order valence-electron chi connectivity index (χ4n) is 5.29. The molecule has 0 saturated carbocycles. The zero-order valence-electron chi connectivity index (χ0n) is 17.5. The van der Waals surface area contributed by atoms with E-state index < -0.39 is 5.41 Å². The van der Waals surface area contributed by atoms with Gasteiger partial charge in [-0.25, -0.2) is 4.39 Å². The Morgan fingerprint density at radius 1 is 1.27 bits per heavy atom. The van der Waals surface area contributed by atoms with E-state index in [1.54, 1.807) is 31.5 Å². The summed E-state index contributed by atoms with van der Waals surface area (Å²) in [6.07, 6.45) is 6.95. The summed E-state index contributed by atoms with van der Waals surface area (Å²) < 4.78 is 13.5. The Balaban J connectivity index is 1.47. The van der Waals surface area contributed by atoms with E-state index in [1.165, 1.54) is 6.07 Å². The molecule has 6 heteroatoms. The maximum Gasteiger partial charge on any atom is 0.228 e. The van der Waals surface area contributed by atoms with Gasteiger partial charge in [-0.2, -0.15) is 0 Å². The number of fused-ring (bicyclic) bond motifs is 2. The van der Waals surface area contributed by atoms with Crippen LogP contribution in [-0.4, -0.2) is 33.8 Å². The van der Waals surface area contributed by atoms with Crippen molar-refractivity contribution in [1.82, 2.24) is 15.2 Å². The zero-order chi connectivity index (χ0) is 21.3. The molecule has 3 atom stereocenters. The summed E-state index contributed by atoms with van der Waals surface area (Å²) in [4.78, 5) is 32.5. The number of rotatable bonds is 6. The number of nitrogens with one attached hydrogen (secondary N) is 1. The number of aryl methyl sites for hydroxylation is 1. The van der Waals surface area contributed by atoms with Crippen molar-refractivity contribution in [3.8, 4) is 0 Å². The fraction of sp³-hybridized carbons (Fsp3) is 0.458. The Morgan fingerprint density at radius 2 is 2.10 bits per heavy atom. The number of hydrogen-bond donors (Lipinski definition) is 1. The Bertz CT molecular complexity index is 949. The van der Waals surface area contributed by atoms with Gasteiger partial charge in [-0.3, -0.25) is 14.6 Å². The molecule has 2 aromatic rings. The average Bonchev–Trinajstić information content (AvgIpc) is 3.31. The van der Waals surface area contributed by atoms with E-state index in [1.807, 2.05) is 24.0 Å². The first-order valence-electron chi connectivity index (χ1n) is 10.7. The number of carbonyl (C=O) groups excluding carboxylic acids is 2. The van der Waals surface area contributed by atoms with Gasteiger partial charge in [-0.1, -0.05) is 25.1 Å². The molecular formula is C24H28FN3O2. The summed E-state index contributed by atoms with van der Waals surface area (Å²) in [6.45, 7) is 4.12. The predicted octanol–water partition coefficient (Wildman–Crippen LogP) is 3.55. The molecule has 3 heterocycles. The molecule has 2 aliphatic rings. The standard InChI is InChI=1S/C24H28FN3O2/c1-3-24(23(30)27-15-18-6-8-20(25)16(2)11-18)13-19-7-9-21(24)28(19)22(29)12-17-5-4-10-26-14-17/h4-6,8,10-11,14,19,21H,3,7,9,12-13,15H2,1-2H3,(H,27,30)/t19-,21+,24+/m1/s1.